The Bertz CT molecular complexity index is 6880. The number of fused-ring (bicyclic) bond motifs is 4. The molecule has 1 N–H and O–H groups in total. The molecule has 622 valence electrons. The molecule has 22 nitrogen and oxygen atoms in total. The highest BCUT2D eigenvalue weighted by atomic mass is 32.2. The number of alkyl halides is 2. The van der Waals surface area contributed by atoms with Crippen molar-refractivity contribution in [1.82, 2.24) is 59.1 Å². The van der Waals surface area contributed by atoms with E-state index in [-0.39, 0.29) is 65.7 Å². The quantitative estimate of drug-likeness (QED) is 0.0742. The van der Waals surface area contributed by atoms with E-state index >= 15 is 0 Å². The van der Waals surface area contributed by atoms with Gasteiger partial charge in [0.05, 0.1) is 111 Å². The molecule has 0 aliphatic carbocycles. The number of ether oxygens (including phenoxy) is 1. The molecule has 0 saturated heterocycles. The summed E-state index contributed by atoms with van der Waals surface area (Å²) in [6.45, 7) is 22.9. The summed E-state index contributed by atoms with van der Waals surface area (Å²) in [6, 6.07) is 71.5. The Hall–Kier alpha value is -12.5. The molecular formula is C93H93F2N13O9S4. The standard InChI is InChI=1S/C24H24FN3O2S.C23H22FN3O3S.C23H24N4O2S.C23H23N3O2S/c1-24(2,3)17-9-11-20(12-10-17)31(29,30)16-19-14-18(15-25)27-28(19)23-8-4-7-22-21(23)6-5-13-26-22;1-16(2)30-19-8-10-20(11-9-19)31(28,29)15-18-13-17(14-24)26-27(18)23-7-3-6-22-21(23)5-4-12-25-22;1-16-15-21(26-30(28,29)19-11-9-18(10-12-19)23(2,3)4)27(25-16)22-20-8-6-5-7-17(20)13-14-24-22;1-23(2,3)17-9-11-19(12-10-17)29(27,28)16-18-13-15-25-26(18)22-8-4-7-21-20(22)6-5-14-24-21/h4-14H,15-16H2,1-3H3;3-13,16H,14-15H2,1-2H3;5-15,26H,1-4H3;4-15H,16H2,1-3H3. The number of nitrogens with one attached hydrogen (secondary N) is 1. The molecule has 0 aliphatic rings. The van der Waals surface area contributed by atoms with Crippen molar-refractivity contribution in [3.8, 4) is 28.6 Å². The first-order chi connectivity index (χ1) is 57.5. The molecule has 0 aliphatic heterocycles. The minimum Gasteiger partial charge on any atom is -0.491 e. The van der Waals surface area contributed by atoms with Gasteiger partial charge in [0.2, 0.25) is 0 Å². The van der Waals surface area contributed by atoms with Gasteiger partial charge >= 0.3 is 0 Å². The molecule has 0 unspecified atom stereocenters. The normalized spacial score (nSPS) is 12.2. The largest absolute Gasteiger partial charge is 0.491 e. The van der Waals surface area contributed by atoms with Gasteiger partial charge in [0.25, 0.3) is 10.0 Å². The number of rotatable bonds is 20. The minimum atomic E-state index is -3.78. The van der Waals surface area contributed by atoms with E-state index in [1.165, 1.54) is 33.6 Å². The number of halogens is 2. The lowest BCUT2D eigenvalue weighted by Crippen LogP contribution is -2.17. The van der Waals surface area contributed by atoms with Crippen LogP contribution in [-0.4, -0.2) is 98.8 Å². The number of benzene rings is 8. The molecule has 121 heavy (non-hydrogen) atoms. The highest BCUT2D eigenvalue weighted by molar-refractivity contribution is 7.92. The zero-order valence-corrected chi connectivity index (χ0v) is 72.3. The number of hydrogen-bond donors (Lipinski definition) is 1. The van der Waals surface area contributed by atoms with Crippen LogP contribution in [0.1, 0.15) is 127 Å². The first kappa shape index (κ1) is 86.4. The van der Waals surface area contributed by atoms with Crippen molar-refractivity contribution >= 4 is 88.8 Å². The number of aromatic nitrogens is 12. The molecule has 0 bridgehead atoms. The third-order valence-corrected chi connectivity index (χ3v) is 26.3. The minimum absolute atomic E-state index is 0.00823. The van der Waals surface area contributed by atoms with E-state index in [1.807, 2.05) is 166 Å². The Kier molecular flexibility index (Phi) is 25.3. The summed E-state index contributed by atoms with van der Waals surface area (Å²) in [4.78, 5) is 18.4. The average molecular weight is 1700 g/mol. The van der Waals surface area contributed by atoms with Gasteiger partial charge in [-0.15, -0.1) is 0 Å². The topological polar surface area (TPSA) is 281 Å². The van der Waals surface area contributed by atoms with E-state index in [4.69, 9.17) is 4.74 Å². The van der Waals surface area contributed by atoms with Gasteiger partial charge in [-0.3, -0.25) is 19.7 Å². The molecule has 8 aromatic heterocycles. The van der Waals surface area contributed by atoms with E-state index in [0.29, 0.717) is 56.4 Å². The SMILES string of the molecule is CC(C)(C)c1ccc(S(=O)(=O)Cc2cc(CF)nn2-c2cccc3ncccc23)cc1.CC(C)(C)c1ccc(S(=O)(=O)Cc2ccnn2-c2cccc3ncccc23)cc1.CC(C)Oc1ccc(S(=O)(=O)Cc2cc(CF)nn2-c2cccc3ncccc23)cc1.Cc1cc(NS(=O)(=O)c2ccc(C(C)(C)C)cc2)n(-c2nccc3ccccc23)n1. The highest BCUT2D eigenvalue weighted by Crippen LogP contribution is 2.34. The molecule has 0 radical (unpaired) electrons. The van der Waals surface area contributed by atoms with E-state index in [2.05, 4.69) is 107 Å². The predicted molar refractivity (Wildman–Crippen MR) is 471 cm³/mol. The lowest BCUT2D eigenvalue weighted by molar-refractivity contribution is 0.242. The summed E-state index contributed by atoms with van der Waals surface area (Å²) < 4.78 is 146. The number of aryl methyl sites for hydroxylation is 1. The first-order valence-electron chi connectivity index (χ1n) is 39.0. The zero-order valence-electron chi connectivity index (χ0n) is 69.0. The van der Waals surface area contributed by atoms with Crippen LogP contribution >= 0.6 is 0 Å². The predicted octanol–water partition coefficient (Wildman–Crippen LogP) is 19.3. The molecule has 0 fully saturated rings. The molecule has 16 aromatic rings. The Morgan fingerprint density at radius 3 is 1.20 bits per heavy atom. The summed E-state index contributed by atoms with van der Waals surface area (Å²) >= 11 is 0. The van der Waals surface area contributed by atoms with Crippen molar-refractivity contribution in [3.63, 3.8) is 0 Å². The van der Waals surface area contributed by atoms with E-state index in [1.54, 1.807) is 113 Å². The number of hydrogen-bond acceptors (Lipinski definition) is 17. The van der Waals surface area contributed by atoms with E-state index < -0.39 is 52.9 Å². The third-order valence-electron chi connectivity index (χ3n) is 19.9. The summed E-state index contributed by atoms with van der Waals surface area (Å²) in [7, 11) is -14.6. The Balaban J connectivity index is 0.000000139. The number of nitrogens with zero attached hydrogens (tertiary/aromatic N) is 12. The molecule has 28 heteroatoms. The molecular weight excluding hydrogens is 1610 g/mol. The maximum atomic E-state index is 13.4. The Labute approximate surface area is 703 Å². The lowest BCUT2D eigenvalue weighted by Gasteiger charge is -2.19. The number of sulfonamides is 1. The molecule has 0 saturated carbocycles. The van der Waals surface area contributed by atoms with Gasteiger partial charge in [0.15, 0.2) is 35.3 Å². The molecule has 0 amide bonds. The highest BCUT2D eigenvalue weighted by Gasteiger charge is 2.28. The average Bonchev–Trinajstić information content (AvgIpc) is 1.70. The number of anilines is 1. The molecule has 0 atom stereocenters. The third kappa shape index (κ3) is 20.2. The van der Waals surface area contributed by atoms with Gasteiger partial charge in [-0.2, -0.15) is 25.1 Å². The van der Waals surface area contributed by atoms with Crippen molar-refractivity contribution in [2.75, 3.05) is 4.72 Å². The fraction of sp³-hybridized carbons (Fsp3) is 0.226. The molecule has 0 spiro atoms. The zero-order chi connectivity index (χ0) is 86.4. The Morgan fingerprint density at radius 1 is 0.380 bits per heavy atom. The maximum Gasteiger partial charge on any atom is 0.263 e. The molecule has 8 heterocycles. The van der Waals surface area contributed by atoms with Crippen molar-refractivity contribution in [2.24, 2.45) is 0 Å². The van der Waals surface area contributed by atoms with Gasteiger partial charge in [0.1, 0.15) is 24.9 Å². The monoisotopic (exact) mass is 1700 g/mol. The van der Waals surface area contributed by atoms with Crippen LogP contribution in [0.5, 0.6) is 5.75 Å². The second-order valence-corrected chi connectivity index (χ2v) is 40.1. The van der Waals surface area contributed by atoms with Crippen LogP contribution in [0.3, 0.4) is 0 Å². The summed E-state index contributed by atoms with van der Waals surface area (Å²) in [6.07, 6.45) is 8.42. The van der Waals surface area contributed by atoms with Gasteiger partial charge in [0, 0.05) is 58.6 Å². The van der Waals surface area contributed by atoms with E-state index in [0.717, 1.165) is 65.9 Å². The van der Waals surface area contributed by atoms with Crippen LogP contribution in [0.25, 0.3) is 66.4 Å². The van der Waals surface area contributed by atoms with Gasteiger partial charge in [-0.1, -0.05) is 141 Å². The maximum absolute atomic E-state index is 13.4. The molecule has 16 rings (SSSR count). The number of pyridine rings is 4. The van der Waals surface area contributed by atoms with E-state index in [9.17, 15) is 42.5 Å². The summed E-state index contributed by atoms with van der Waals surface area (Å²) in [5.74, 6) is 0.783. The van der Waals surface area contributed by atoms with Gasteiger partial charge in [-0.05, 0) is 217 Å². The van der Waals surface area contributed by atoms with Crippen LogP contribution in [0.4, 0.5) is 14.6 Å². The second kappa shape index (κ2) is 35.4. The fourth-order valence-corrected chi connectivity index (χ4v) is 18.7. The van der Waals surface area contributed by atoms with Crippen LogP contribution in [-0.2, 0) is 86.4 Å². The van der Waals surface area contributed by atoms with Crippen LogP contribution < -0.4 is 9.46 Å². The second-order valence-electron chi connectivity index (χ2n) is 32.4. The van der Waals surface area contributed by atoms with Gasteiger partial charge in [-0.25, -0.2) is 61.5 Å². The van der Waals surface area contributed by atoms with Crippen LogP contribution in [0.15, 0.2) is 293 Å². The summed E-state index contributed by atoms with van der Waals surface area (Å²) in [5.41, 5.74) is 10.00. The van der Waals surface area contributed by atoms with Crippen molar-refractivity contribution in [1.29, 1.82) is 0 Å². The smallest absolute Gasteiger partial charge is 0.263 e. The number of sulfone groups is 3. The van der Waals surface area contributed by atoms with Crippen molar-refractivity contribution in [2.45, 2.75) is 156 Å². The van der Waals surface area contributed by atoms with Crippen molar-refractivity contribution < 1.29 is 47.2 Å². The first-order valence-corrected chi connectivity index (χ1v) is 45.4. The van der Waals surface area contributed by atoms with Crippen molar-refractivity contribution in [3.05, 3.63) is 324 Å². The molecule has 8 aromatic carbocycles. The van der Waals surface area contributed by atoms with Crippen LogP contribution in [0, 0.1) is 6.92 Å². The Morgan fingerprint density at radius 2 is 0.777 bits per heavy atom. The fourth-order valence-electron chi connectivity index (χ4n) is 13.7. The van der Waals surface area contributed by atoms with Crippen LogP contribution in [0.2, 0.25) is 0 Å². The van der Waals surface area contributed by atoms with Gasteiger partial charge < -0.3 is 4.74 Å². The summed E-state index contributed by atoms with van der Waals surface area (Å²) in [5, 5.41) is 21.9. The lowest BCUT2D eigenvalue weighted by atomic mass is 9.87.